The minimum Gasteiger partial charge on any atom is -0.328 e. The van der Waals surface area contributed by atoms with Gasteiger partial charge in [-0.1, -0.05) is 23.7 Å². The van der Waals surface area contributed by atoms with Crippen LogP contribution in [0.15, 0.2) is 24.3 Å². The predicted octanol–water partition coefficient (Wildman–Crippen LogP) is 2.86. The lowest BCUT2D eigenvalue weighted by atomic mass is 9.80. The van der Waals surface area contributed by atoms with Gasteiger partial charge in [-0.25, -0.2) is 0 Å². The summed E-state index contributed by atoms with van der Waals surface area (Å²) in [6.07, 6.45) is 4.49. The van der Waals surface area contributed by atoms with Crippen LogP contribution in [-0.2, 0) is 0 Å². The molecule has 2 rings (SSSR count). The molecule has 1 aromatic carbocycles. The number of rotatable bonds is 2. The average Bonchev–Trinajstić information content (AvgIpc) is 2.30. The van der Waals surface area contributed by atoms with Gasteiger partial charge < -0.3 is 11.5 Å². The molecule has 3 heteroatoms. The quantitative estimate of drug-likeness (QED) is 0.833. The molecule has 1 saturated carbocycles. The summed E-state index contributed by atoms with van der Waals surface area (Å²) in [6.45, 7) is 0. The molecule has 1 unspecified atom stereocenters. The van der Waals surface area contributed by atoms with E-state index in [0.29, 0.717) is 12.0 Å². The van der Waals surface area contributed by atoms with E-state index in [0.717, 1.165) is 30.7 Å². The average molecular weight is 239 g/mol. The van der Waals surface area contributed by atoms with E-state index in [1.807, 2.05) is 24.3 Å². The Morgan fingerprint density at radius 3 is 2.19 bits per heavy atom. The number of hydrogen-bond donors (Lipinski definition) is 2. The number of benzene rings is 1. The molecule has 0 aliphatic heterocycles. The van der Waals surface area contributed by atoms with Gasteiger partial charge in [-0.3, -0.25) is 0 Å². The van der Waals surface area contributed by atoms with Crippen LogP contribution in [-0.4, -0.2) is 6.04 Å². The van der Waals surface area contributed by atoms with E-state index in [9.17, 15) is 0 Å². The first-order valence-electron chi connectivity index (χ1n) is 5.93. The molecule has 1 aromatic rings. The Hall–Kier alpha value is -0.570. The first-order chi connectivity index (χ1) is 7.66. The molecular weight excluding hydrogens is 220 g/mol. The van der Waals surface area contributed by atoms with Crippen LogP contribution in [0.4, 0.5) is 0 Å². The molecule has 2 nitrogen and oxygen atoms in total. The van der Waals surface area contributed by atoms with Crippen LogP contribution in [0.25, 0.3) is 0 Å². The van der Waals surface area contributed by atoms with Gasteiger partial charge in [0.05, 0.1) is 0 Å². The Kier molecular flexibility index (Phi) is 3.85. The van der Waals surface area contributed by atoms with Crippen LogP contribution >= 0.6 is 11.6 Å². The smallest absolute Gasteiger partial charge is 0.0406 e. The third-order valence-electron chi connectivity index (χ3n) is 3.58. The standard InChI is InChI=1S/C13H19ClN2/c14-11-5-1-9(2-6-11)13(16)10-3-7-12(15)8-4-10/h1-2,5-6,10,12-13H,3-4,7-8,15-16H2. The minimum absolute atomic E-state index is 0.129. The van der Waals surface area contributed by atoms with E-state index in [1.54, 1.807) is 0 Å². The Morgan fingerprint density at radius 2 is 1.62 bits per heavy atom. The van der Waals surface area contributed by atoms with Gasteiger partial charge in [0.2, 0.25) is 0 Å². The van der Waals surface area contributed by atoms with Crippen molar-refractivity contribution >= 4 is 11.6 Å². The third kappa shape index (κ3) is 2.76. The largest absolute Gasteiger partial charge is 0.328 e. The highest BCUT2D eigenvalue weighted by molar-refractivity contribution is 6.30. The Labute approximate surface area is 102 Å². The predicted molar refractivity (Wildman–Crippen MR) is 68.3 cm³/mol. The van der Waals surface area contributed by atoms with Crippen molar-refractivity contribution in [3.63, 3.8) is 0 Å². The van der Waals surface area contributed by atoms with Crippen molar-refractivity contribution in [2.45, 2.75) is 37.8 Å². The first kappa shape index (κ1) is 11.9. The topological polar surface area (TPSA) is 52.0 Å². The Bertz CT molecular complexity index is 328. The Morgan fingerprint density at radius 1 is 1.06 bits per heavy atom. The van der Waals surface area contributed by atoms with Crippen molar-refractivity contribution in [3.8, 4) is 0 Å². The summed E-state index contributed by atoms with van der Waals surface area (Å²) in [5, 5.41) is 0.765. The van der Waals surface area contributed by atoms with Gasteiger partial charge in [-0.2, -0.15) is 0 Å². The van der Waals surface area contributed by atoms with E-state index in [2.05, 4.69) is 0 Å². The highest BCUT2D eigenvalue weighted by Crippen LogP contribution is 2.32. The van der Waals surface area contributed by atoms with Crippen molar-refractivity contribution in [2.24, 2.45) is 17.4 Å². The molecule has 1 aliphatic carbocycles. The summed E-state index contributed by atoms with van der Waals surface area (Å²) in [4.78, 5) is 0. The van der Waals surface area contributed by atoms with E-state index in [-0.39, 0.29) is 6.04 Å². The summed E-state index contributed by atoms with van der Waals surface area (Å²) in [7, 11) is 0. The van der Waals surface area contributed by atoms with Crippen molar-refractivity contribution < 1.29 is 0 Å². The zero-order valence-electron chi connectivity index (χ0n) is 9.40. The van der Waals surface area contributed by atoms with Crippen molar-refractivity contribution in [1.82, 2.24) is 0 Å². The van der Waals surface area contributed by atoms with Crippen LogP contribution in [0.3, 0.4) is 0 Å². The Balaban J connectivity index is 2.01. The van der Waals surface area contributed by atoms with Gasteiger partial charge in [-0.05, 0) is 49.3 Å². The van der Waals surface area contributed by atoms with Crippen LogP contribution in [0.1, 0.15) is 37.3 Å². The summed E-state index contributed by atoms with van der Waals surface area (Å²) < 4.78 is 0. The van der Waals surface area contributed by atoms with Crippen molar-refractivity contribution in [2.75, 3.05) is 0 Å². The first-order valence-corrected chi connectivity index (χ1v) is 6.31. The van der Waals surface area contributed by atoms with E-state index < -0.39 is 0 Å². The zero-order chi connectivity index (χ0) is 11.5. The number of nitrogens with two attached hydrogens (primary N) is 2. The second-order valence-corrected chi connectivity index (χ2v) is 5.19. The van der Waals surface area contributed by atoms with Crippen LogP contribution in [0.5, 0.6) is 0 Å². The fourth-order valence-corrected chi connectivity index (χ4v) is 2.59. The minimum atomic E-state index is 0.129. The molecule has 1 atom stereocenters. The molecule has 1 fully saturated rings. The number of halogens is 1. The van der Waals surface area contributed by atoms with E-state index in [4.69, 9.17) is 23.1 Å². The lowest BCUT2D eigenvalue weighted by Crippen LogP contribution is -2.31. The zero-order valence-corrected chi connectivity index (χ0v) is 10.2. The SMILES string of the molecule is NC1CCC(C(N)c2ccc(Cl)cc2)CC1. The fourth-order valence-electron chi connectivity index (χ4n) is 2.46. The molecule has 0 bridgehead atoms. The lowest BCUT2D eigenvalue weighted by Gasteiger charge is -2.30. The molecule has 16 heavy (non-hydrogen) atoms. The lowest BCUT2D eigenvalue weighted by molar-refractivity contribution is 0.285. The molecule has 0 saturated heterocycles. The second-order valence-electron chi connectivity index (χ2n) is 4.75. The van der Waals surface area contributed by atoms with Crippen LogP contribution in [0, 0.1) is 5.92 Å². The molecule has 0 amide bonds. The molecule has 4 N–H and O–H groups in total. The van der Waals surface area contributed by atoms with Gasteiger partial charge in [0, 0.05) is 17.1 Å². The highest BCUT2D eigenvalue weighted by atomic mass is 35.5. The highest BCUT2D eigenvalue weighted by Gasteiger charge is 2.24. The normalized spacial score (nSPS) is 27.7. The third-order valence-corrected chi connectivity index (χ3v) is 3.83. The molecule has 0 heterocycles. The molecule has 88 valence electrons. The van der Waals surface area contributed by atoms with Crippen LogP contribution in [0.2, 0.25) is 5.02 Å². The van der Waals surface area contributed by atoms with E-state index >= 15 is 0 Å². The molecular formula is C13H19ClN2. The molecule has 0 radical (unpaired) electrons. The van der Waals surface area contributed by atoms with Gasteiger partial charge in [0.1, 0.15) is 0 Å². The van der Waals surface area contributed by atoms with Crippen molar-refractivity contribution in [3.05, 3.63) is 34.9 Å². The summed E-state index contributed by atoms with van der Waals surface area (Å²) in [5.74, 6) is 0.570. The maximum Gasteiger partial charge on any atom is 0.0406 e. The van der Waals surface area contributed by atoms with Gasteiger partial charge in [0.15, 0.2) is 0 Å². The molecule has 1 aliphatic rings. The fraction of sp³-hybridized carbons (Fsp3) is 0.538. The summed E-state index contributed by atoms with van der Waals surface area (Å²) >= 11 is 5.86. The van der Waals surface area contributed by atoms with Gasteiger partial charge >= 0.3 is 0 Å². The maximum absolute atomic E-state index is 6.28. The van der Waals surface area contributed by atoms with Crippen LogP contribution < -0.4 is 11.5 Å². The molecule has 0 aromatic heterocycles. The monoisotopic (exact) mass is 238 g/mol. The maximum atomic E-state index is 6.28. The second kappa shape index (κ2) is 5.17. The van der Waals surface area contributed by atoms with Gasteiger partial charge in [0.25, 0.3) is 0 Å². The number of hydrogen-bond acceptors (Lipinski definition) is 2. The van der Waals surface area contributed by atoms with E-state index in [1.165, 1.54) is 5.56 Å². The van der Waals surface area contributed by atoms with Gasteiger partial charge in [-0.15, -0.1) is 0 Å². The summed E-state index contributed by atoms with van der Waals surface area (Å²) in [6, 6.07) is 8.39. The molecule has 0 spiro atoms. The van der Waals surface area contributed by atoms with Crippen molar-refractivity contribution in [1.29, 1.82) is 0 Å². The summed E-state index contributed by atoms with van der Waals surface area (Å²) in [5.41, 5.74) is 13.4.